The second kappa shape index (κ2) is 11.4. The van der Waals surface area contributed by atoms with E-state index < -0.39 is 0 Å². The average molecular weight is 216 g/mol. The number of ketones is 1. The predicted molar refractivity (Wildman–Crippen MR) is 70.3 cm³/mol. The minimum atomic E-state index is 0.0868. The topological polar surface area (TPSA) is 17.1 Å². The van der Waals surface area contributed by atoms with Crippen LogP contribution in [-0.2, 0) is 4.79 Å². The Morgan fingerprint density at radius 3 is 1.38 bits per heavy atom. The number of hydrogen-bond donors (Lipinski definition) is 0. The lowest BCUT2D eigenvalue weighted by Gasteiger charge is -1.80. The summed E-state index contributed by atoms with van der Waals surface area (Å²) in [7, 11) is 0. The summed E-state index contributed by atoms with van der Waals surface area (Å²) in [6, 6.07) is 12.0. The number of allylic oxidation sites excluding steroid dienone is 4. The molecule has 0 saturated carbocycles. The first-order valence-corrected chi connectivity index (χ1v) is 5.68. The SMILES string of the molecule is CCC=CC(=O)C=CCC.c1ccccc1. The Labute approximate surface area is 98.5 Å². The summed E-state index contributed by atoms with van der Waals surface area (Å²) < 4.78 is 0. The van der Waals surface area contributed by atoms with Crippen molar-refractivity contribution in [3.05, 3.63) is 60.7 Å². The molecule has 1 aromatic rings. The van der Waals surface area contributed by atoms with Crippen LogP contribution in [-0.4, -0.2) is 5.78 Å². The molecular weight excluding hydrogens is 196 g/mol. The molecule has 0 aliphatic carbocycles. The molecule has 0 saturated heterocycles. The summed E-state index contributed by atoms with van der Waals surface area (Å²) >= 11 is 0. The van der Waals surface area contributed by atoms with Gasteiger partial charge in [0.25, 0.3) is 0 Å². The Morgan fingerprint density at radius 1 is 0.812 bits per heavy atom. The summed E-state index contributed by atoms with van der Waals surface area (Å²) in [6.07, 6.45) is 8.78. The number of benzene rings is 1. The van der Waals surface area contributed by atoms with E-state index in [4.69, 9.17) is 0 Å². The molecule has 86 valence electrons. The van der Waals surface area contributed by atoms with Crippen LogP contribution in [0.3, 0.4) is 0 Å². The molecule has 1 rings (SSSR count). The smallest absolute Gasteiger partial charge is 0.177 e. The first-order valence-electron chi connectivity index (χ1n) is 5.68. The molecule has 16 heavy (non-hydrogen) atoms. The maximum atomic E-state index is 10.8. The highest BCUT2D eigenvalue weighted by molar-refractivity contribution is 5.99. The second-order valence-electron chi connectivity index (χ2n) is 3.18. The Morgan fingerprint density at radius 2 is 1.12 bits per heavy atom. The third kappa shape index (κ3) is 10.5. The molecule has 1 heteroatoms. The van der Waals surface area contributed by atoms with Crippen molar-refractivity contribution in [1.29, 1.82) is 0 Å². The van der Waals surface area contributed by atoms with E-state index in [1.807, 2.05) is 62.4 Å². The summed E-state index contributed by atoms with van der Waals surface area (Å²) in [5.74, 6) is 0.0868. The van der Waals surface area contributed by atoms with Crippen LogP contribution in [0.1, 0.15) is 26.7 Å². The van der Waals surface area contributed by atoms with Crippen LogP contribution < -0.4 is 0 Å². The lowest BCUT2D eigenvalue weighted by atomic mass is 10.3. The molecule has 0 aliphatic rings. The Hall–Kier alpha value is -1.63. The quantitative estimate of drug-likeness (QED) is 0.690. The van der Waals surface area contributed by atoms with Gasteiger partial charge in [0.15, 0.2) is 5.78 Å². The monoisotopic (exact) mass is 216 g/mol. The van der Waals surface area contributed by atoms with Crippen molar-refractivity contribution in [3.8, 4) is 0 Å². The van der Waals surface area contributed by atoms with E-state index in [0.717, 1.165) is 12.8 Å². The van der Waals surface area contributed by atoms with Crippen LogP contribution in [0.5, 0.6) is 0 Å². The fourth-order valence-corrected chi connectivity index (χ4v) is 0.908. The molecule has 0 amide bonds. The normalized spacial score (nSPS) is 10.1. The molecule has 0 N–H and O–H groups in total. The van der Waals surface area contributed by atoms with Gasteiger partial charge in [0.2, 0.25) is 0 Å². The van der Waals surface area contributed by atoms with Gasteiger partial charge in [-0.15, -0.1) is 0 Å². The Bertz CT molecular complexity index is 267. The van der Waals surface area contributed by atoms with E-state index >= 15 is 0 Å². The van der Waals surface area contributed by atoms with E-state index in [1.54, 1.807) is 12.2 Å². The summed E-state index contributed by atoms with van der Waals surface area (Å²) in [6.45, 7) is 4.01. The van der Waals surface area contributed by atoms with Crippen LogP contribution in [0.25, 0.3) is 0 Å². The van der Waals surface area contributed by atoms with Crippen molar-refractivity contribution in [2.45, 2.75) is 26.7 Å². The van der Waals surface area contributed by atoms with Crippen LogP contribution in [0, 0.1) is 0 Å². The van der Waals surface area contributed by atoms with Crippen molar-refractivity contribution in [2.24, 2.45) is 0 Å². The first kappa shape index (κ1) is 14.4. The molecule has 0 fully saturated rings. The molecule has 1 nitrogen and oxygen atoms in total. The fourth-order valence-electron chi connectivity index (χ4n) is 0.908. The molecule has 0 aliphatic heterocycles. The van der Waals surface area contributed by atoms with Gasteiger partial charge in [-0.1, -0.05) is 62.4 Å². The maximum Gasteiger partial charge on any atom is 0.177 e. The van der Waals surface area contributed by atoms with E-state index in [2.05, 4.69) is 0 Å². The molecule has 1 aromatic carbocycles. The van der Waals surface area contributed by atoms with E-state index in [1.165, 1.54) is 0 Å². The molecular formula is C15H20O. The highest BCUT2D eigenvalue weighted by Gasteiger charge is 1.83. The third-order valence-electron chi connectivity index (χ3n) is 1.70. The summed E-state index contributed by atoms with van der Waals surface area (Å²) in [5, 5.41) is 0. The van der Waals surface area contributed by atoms with Gasteiger partial charge in [-0.3, -0.25) is 4.79 Å². The highest BCUT2D eigenvalue weighted by atomic mass is 16.1. The largest absolute Gasteiger partial charge is 0.290 e. The maximum absolute atomic E-state index is 10.8. The van der Waals surface area contributed by atoms with Crippen molar-refractivity contribution >= 4 is 5.78 Å². The van der Waals surface area contributed by atoms with Crippen LogP contribution in [0.15, 0.2) is 60.7 Å². The van der Waals surface area contributed by atoms with Crippen molar-refractivity contribution in [3.63, 3.8) is 0 Å². The number of hydrogen-bond acceptors (Lipinski definition) is 1. The lowest BCUT2D eigenvalue weighted by molar-refractivity contribution is -0.110. The molecule has 0 unspecified atom stereocenters. The molecule has 0 bridgehead atoms. The van der Waals surface area contributed by atoms with E-state index in [-0.39, 0.29) is 5.78 Å². The van der Waals surface area contributed by atoms with Gasteiger partial charge >= 0.3 is 0 Å². The van der Waals surface area contributed by atoms with Crippen LogP contribution in [0.2, 0.25) is 0 Å². The minimum absolute atomic E-state index is 0.0868. The highest BCUT2D eigenvalue weighted by Crippen LogP contribution is 1.86. The molecule has 0 atom stereocenters. The Kier molecular flexibility index (Phi) is 10.3. The van der Waals surface area contributed by atoms with Gasteiger partial charge in [-0.05, 0) is 25.0 Å². The van der Waals surface area contributed by atoms with Gasteiger partial charge in [-0.25, -0.2) is 0 Å². The Balaban J connectivity index is 0.000000315. The first-order chi connectivity index (χ1) is 7.81. The molecule has 0 radical (unpaired) electrons. The standard InChI is InChI=1S/C9H14O.C6H6/c1-3-5-7-9(10)8-6-4-2;1-2-4-6-5-3-1/h5-8H,3-4H2,1-2H3;1-6H. The summed E-state index contributed by atoms with van der Waals surface area (Å²) in [5.41, 5.74) is 0. The fraction of sp³-hybridized carbons (Fsp3) is 0.267. The molecule has 0 spiro atoms. The number of rotatable bonds is 4. The van der Waals surface area contributed by atoms with Gasteiger partial charge in [-0.2, -0.15) is 0 Å². The second-order valence-corrected chi connectivity index (χ2v) is 3.18. The van der Waals surface area contributed by atoms with Crippen LogP contribution in [0.4, 0.5) is 0 Å². The number of carbonyl (C=O) groups is 1. The minimum Gasteiger partial charge on any atom is -0.290 e. The zero-order valence-corrected chi connectivity index (χ0v) is 10.1. The van der Waals surface area contributed by atoms with Crippen molar-refractivity contribution in [1.82, 2.24) is 0 Å². The van der Waals surface area contributed by atoms with Crippen molar-refractivity contribution in [2.75, 3.05) is 0 Å². The van der Waals surface area contributed by atoms with Crippen molar-refractivity contribution < 1.29 is 4.79 Å². The predicted octanol–water partition coefficient (Wildman–Crippen LogP) is 4.17. The van der Waals surface area contributed by atoms with Gasteiger partial charge in [0.1, 0.15) is 0 Å². The third-order valence-corrected chi connectivity index (χ3v) is 1.70. The molecule has 0 aromatic heterocycles. The van der Waals surface area contributed by atoms with Gasteiger partial charge in [0.05, 0.1) is 0 Å². The summed E-state index contributed by atoms with van der Waals surface area (Å²) in [4.78, 5) is 10.8. The van der Waals surface area contributed by atoms with E-state index in [9.17, 15) is 4.79 Å². The van der Waals surface area contributed by atoms with Gasteiger partial charge < -0.3 is 0 Å². The number of carbonyl (C=O) groups excluding carboxylic acids is 1. The van der Waals surface area contributed by atoms with Crippen LogP contribution >= 0.6 is 0 Å². The average Bonchev–Trinajstić information content (AvgIpc) is 2.36. The molecule has 0 heterocycles. The van der Waals surface area contributed by atoms with Gasteiger partial charge in [0, 0.05) is 0 Å². The zero-order chi connectivity index (χ0) is 12.1. The lowest BCUT2D eigenvalue weighted by Crippen LogP contribution is -1.83. The zero-order valence-electron chi connectivity index (χ0n) is 10.1. The van der Waals surface area contributed by atoms with E-state index in [0.29, 0.717) is 0 Å².